The van der Waals surface area contributed by atoms with Crippen molar-refractivity contribution in [2.45, 2.75) is 25.4 Å². The van der Waals surface area contributed by atoms with Crippen LogP contribution in [0.2, 0.25) is 0 Å². The number of hydrogen-bond donors (Lipinski definition) is 1. The minimum atomic E-state index is -0.535. The molecule has 0 unspecified atom stereocenters. The number of para-hydroxylation sites is 1. The van der Waals surface area contributed by atoms with Crippen molar-refractivity contribution >= 4 is 22.7 Å². The second-order valence-corrected chi connectivity index (χ2v) is 9.04. The number of β-amino-alcohol motifs (C(OH)–C–C–N with tert-alkyl or cyclic N) is 1. The van der Waals surface area contributed by atoms with Crippen LogP contribution in [0.3, 0.4) is 0 Å². The van der Waals surface area contributed by atoms with Crippen LogP contribution in [0.5, 0.6) is 0 Å². The van der Waals surface area contributed by atoms with E-state index in [0.29, 0.717) is 51.1 Å². The molecule has 5 rings (SSSR count). The Morgan fingerprint density at radius 1 is 0.909 bits per heavy atom. The molecule has 2 aliphatic rings. The molecule has 2 amide bonds. The van der Waals surface area contributed by atoms with Gasteiger partial charge in [-0.25, -0.2) is 0 Å². The molecule has 1 aromatic carbocycles. The van der Waals surface area contributed by atoms with Crippen molar-refractivity contribution in [3.8, 4) is 0 Å². The highest BCUT2D eigenvalue weighted by atomic mass is 16.3. The molecule has 2 fully saturated rings. The van der Waals surface area contributed by atoms with Gasteiger partial charge < -0.3 is 14.9 Å². The number of aromatic nitrogens is 2. The largest absolute Gasteiger partial charge is 0.391 e. The highest BCUT2D eigenvalue weighted by Gasteiger charge is 2.38. The van der Waals surface area contributed by atoms with Gasteiger partial charge in [-0.2, -0.15) is 0 Å². The second-order valence-electron chi connectivity index (χ2n) is 9.04. The molecule has 3 aromatic rings. The van der Waals surface area contributed by atoms with E-state index in [1.54, 1.807) is 29.3 Å². The van der Waals surface area contributed by atoms with E-state index >= 15 is 0 Å². The van der Waals surface area contributed by atoms with Gasteiger partial charge in [-0.1, -0.05) is 24.3 Å². The van der Waals surface area contributed by atoms with Gasteiger partial charge in [-0.3, -0.25) is 19.6 Å². The molecule has 170 valence electrons. The molecule has 1 N–H and O–H groups in total. The van der Waals surface area contributed by atoms with Gasteiger partial charge in [0.2, 0.25) is 5.91 Å². The summed E-state index contributed by atoms with van der Waals surface area (Å²) in [5, 5.41) is 11.8. The van der Waals surface area contributed by atoms with Crippen LogP contribution in [0, 0.1) is 11.8 Å². The van der Waals surface area contributed by atoms with Crippen molar-refractivity contribution in [1.29, 1.82) is 0 Å². The lowest BCUT2D eigenvalue weighted by atomic mass is 9.94. The van der Waals surface area contributed by atoms with Crippen molar-refractivity contribution < 1.29 is 14.7 Å². The molecule has 2 aliphatic heterocycles. The Bertz CT molecular complexity index is 1140. The van der Waals surface area contributed by atoms with E-state index < -0.39 is 6.10 Å². The molecule has 7 nitrogen and oxygen atoms in total. The average Bonchev–Trinajstić information content (AvgIpc) is 3.24. The SMILES string of the molecule is O=C(c1ccccn1)N1CCC(C(=O)N2C[C@@H](Cc3ccnc4ccccc34)[C@H](O)C2)CC1. The molecule has 7 heteroatoms. The van der Waals surface area contributed by atoms with E-state index in [1.165, 1.54) is 0 Å². The Morgan fingerprint density at radius 2 is 1.70 bits per heavy atom. The normalized spacial score (nSPS) is 21.5. The molecule has 0 spiro atoms. The monoisotopic (exact) mass is 444 g/mol. The van der Waals surface area contributed by atoms with E-state index in [2.05, 4.69) is 16.0 Å². The molecule has 33 heavy (non-hydrogen) atoms. The van der Waals surface area contributed by atoms with Gasteiger partial charge in [0.1, 0.15) is 5.69 Å². The van der Waals surface area contributed by atoms with Gasteiger partial charge in [0.05, 0.1) is 11.6 Å². The van der Waals surface area contributed by atoms with E-state index in [1.807, 2.05) is 35.4 Å². The number of carbonyl (C=O) groups is 2. The first kappa shape index (κ1) is 21.5. The van der Waals surface area contributed by atoms with Crippen LogP contribution < -0.4 is 0 Å². The Kier molecular flexibility index (Phi) is 6.05. The molecule has 4 heterocycles. The molecule has 2 atom stereocenters. The third-order valence-electron chi connectivity index (χ3n) is 6.96. The number of aliphatic hydroxyl groups excluding tert-OH is 1. The number of carbonyl (C=O) groups excluding carboxylic acids is 2. The molecule has 0 saturated carbocycles. The summed E-state index contributed by atoms with van der Waals surface area (Å²) in [6.45, 7) is 2.03. The Morgan fingerprint density at radius 3 is 2.48 bits per heavy atom. The van der Waals surface area contributed by atoms with Gasteiger partial charge in [0.25, 0.3) is 5.91 Å². The fraction of sp³-hybridized carbons (Fsp3) is 0.385. The summed E-state index contributed by atoms with van der Waals surface area (Å²) in [4.78, 5) is 38.0. The number of hydrogen-bond acceptors (Lipinski definition) is 5. The lowest BCUT2D eigenvalue weighted by Gasteiger charge is -2.33. The lowest BCUT2D eigenvalue weighted by molar-refractivity contribution is -0.136. The minimum Gasteiger partial charge on any atom is -0.391 e. The van der Waals surface area contributed by atoms with Crippen LogP contribution in [0.15, 0.2) is 60.9 Å². The first-order chi connectivity index (χ1) is 16.1. The Hall–Kier alpha value is -3.32. The van der Waals surface area contributed by atoms with Crippen molar-refractivity contribution in [3.63, 3.8) is 0 Å². The van der Waals surface area contributed by atoms with Crippen molar-refractivity contribution in [2.24, 2.45) is 11.8 Å². The smallest absolute Gasteiger partial charge is 0.272 e. The number of benzene rings is 1. The van der Waals surface area contributed by atoms with Crippen molar-refractivity contribution in [2.75, 3.05) is 26.2 Å². The van der Waals surface area contributed by atoms with Crippen molar-refractivity contribution in [1.82, 2.24) is 19.8 Å². The zero-order valence-corrected chi connectivity index (χ0v) is 18.5. The predicted octanol–water partition coefficient (Wildman–Crippen LogP) is 2.54. The summed E-state index contributed by atoms with van der Waals surface area (Å²) in [5.74, 6) is -0.0835. The van der Waals surface area contributed by atoms with Crippen LogP contribution in [-0.2, 0) is 11.2 Å². The first-order valence-corrected chi connectivity index (χ1v) is 11.6. The summed E-state index contributed by atoms with van der Waals surface area (Å²) in [6, 6.07) is 15.3. The number of nitrogens with zero attached hydrogens (tertiary/aromatic N) is 4. The maximum absolute atomic E-state index is 13.2. The summed E-state index contributed by atoms with van der Waals surface area (Å²) in [5.41, 5.74) is 2.54. The quantitative estimate of drug-likeness (QED) is 0.668. The number of piperidine rings is 1. The lowest BCUT2D eigenvalue weighted by Crippen LogP contribution is -2.44. The number of pyridine rings is 2. The summed E-state index contributed by atoms with van der Waals surface area (Å²) in [7, 11) is 0. The zero-order chi connectivity index (χ0) is 22.8. The van der Waals surface area contributed by atoms with Gasteiger partial charge >= 0.3 is 0 Å². The fourth-order valence-corrected chi connectivity index (χ4v) is 5.09. The molecular weight excluding hydrogens is 416 g/mol. The van der Waals surface area contributed by atoms with Gasteiger partial charge in [-0.15, -0.1) is 0 Å². The standard InChI is InChI=1S/C26H28N4O3/c31-24-17-30(16-20(24)15-19-8-12-28-22-6-2-1-5-21(19)22)25(32)18-9-13-29(14-10-18)26(33)23-7-3-4-11-27-23/h1-8,11-12,18,20,24,31H,9-10,13-17H2/t20-,24-/m1/s1. The number of aliphatic hydroxyl groups is 1. The topological polar surface area (TPSA) is 86.6 Å². The minimum absolute atomic E-state index is 0.00516. The van der Waals surface area contributed by atoms with E-state index in [0.717, 1.165) is 16.5 Å². The third-order valence-corrected chi connectivity index (χ3v) is 6.96. The Labute approximate surface area is 193 Å². The maximum Gasteiger partial charge on any atom is 0.272 e. The second kappa shape index (κ2) is 9.27. The summed E-state index contributed by atoms with van der Waals surface area (Å²) in [6.07, 6.45) is 4.89. The van der Waals surface area contributed by atoms with E-state index in [9.17, 15) is 14.7 Å². The molecular formula is C26H28N4O3. The van der Waals surface area contributed by atoms with Crippen molar-refractivity contribution in [3.05, 3.63) is 72.2 Å². The van der Waals surface area contributed by atoms with Crippen LogP contribution in [0.25, 0.3) is 10.9 Å². The number of amides is 2. The molecule has 2 saturated heterocycles. The predicted molar refractivity (Wildman–Crippen MR) is 124 cm³/mol. The summed E-state index contributed by atoms with van der Waals surface area (Å²) < 4.78 is 0. The fourth-order valence-electron chi connectivity index (χ4n) is 5.09. The van der Waals surface area contributed by atoms with Crippen LogP contribution >= 0.6 is 0 Å². The molecule has 2 aromatic heterocycles. The maximum atomic E-state index is 13.2. The Balaban J connectivity index is 1.19. The highest BCUT2D eigenvalue weighted by molar-refractivity contribution is 5.92. The van der Waals surface area contributed by atoms with E-state index in [4.69, 9.17) is 0 Å². The van der Waals surface area contributed by atoms with Crippen LogP contribution in [0.4, 0.5) is 0 Å². The average molecular weight is 445 g/mol. The zero-order valence-electron chi connectivity index (χ0n) is 18.5. The summed E-state index contributed by atoms with van der Waals surface area (Å²) >= 11 is 0. The van der Waals surface area contributed by atoms with Crippen LogP contribution in [-0.4, -0.2) is 69.0 Å². The molecule has 0 aliphatic carbocycles. The number of rotatable bonds is 4. The van der Waals surface area contributed by atoms with Gasteiger partial charge in [-0.05, 0) is 49.1 Å². The van der Waals surface area contributed by atoms with Gasteiger partial charge in [0.15, 0.2) is 0 Å². The number of likely N-dealkylation sites (tertiary alicyclic amines) is 2. The first-order valence-electron chi connectivity index (χ1n) is 11.6. The molecule has 0 radical (unpaired) electrons. The van der Waals surface area contributed by atoms with E-state index in [-0.39, 0.29) is 23.7 Å². The van der Waals surface area contributed by atoms with Gasteiger partial charge in [0, 0.05) is 55.8 Å². The highest BCUT2D eigenvalue weighted by Crippen LogP contribution is 2.28. The van der Waals surface area contributed by atoms with Crippen LogP contribution in [0.1, 0.15) is 28.9 Å². The molecule has 0 bridgehead atoms. The number of fused-ring (bicyclic) bond motifs is 1. The third kappa shape index (κ3) is 4.46.